The molecule has 0 radical (unpaired) electrons. The van der Waals surface area contributed by atoms with Gasteiger partial charge in [-0.3, -0.25) is 19.1 Å². The first kappa shape index (κ1) is 17.2. The molecule has 26 heavy (non-hydrogen) atoms. The minimum atomic E-state index is -0.620. The third-order valence-electron chi connectivity index (χ3n) is 3.78. The van der Waals surface area contributed by atoms with Crippen molar-refractivity contribution in [1.82, 2.24) is 9.55 Å². The number of amides is 1. The number of H-pyrrole nitrogens is 1. The van der Waals surface area contributed by atoms with Gasteiger partial charge in [-0.05, 0) is 36.4 Å². The van der Waals surface area contributed by atoms with E-state index in [1.165, 1.54) is 17.2 Å². The normalized spacial score (nSPS) is 10.3. The highest BCUT2D eigenvalue weighted by molar-refractivity contribution is 5.92. The molecule has 1 N–H and O–H groups in total. The summed E-state index contributed by atoms with van der Waals surface area (Å²) < 4.78 is 6.86. The topological polar surface area (TPSA) is 84.4 Å². The van der Waals surface area contributed by atoms with Gasteiger partial charge in [0.05, 0.1) is 0 Å². The van der Waals surface area contributed by atoms with Crippen molar-refractivity contribution >= 4 is 11.6 Å². The molecule has 1 amide bonds. The maximum Gasteiger partial charge on any atom is 0.328 e. The lowest BCUT2D eigenvalue weighted by atomic mass is 10.2. The molecule has 0 spiro atoms. The number of nitrogens with zero attached hydrogens (tertiary/aromatic N) is 2. The van der Waals surface area contributed by atoms with Gasteiger partial charge in [-0.1, -0.05) is 18.2 Å². The molecule has 2 aromatic carbocycles. The molecular weight excluding hydrogens is 334 g/mol. The Bertz CT molecular complexity index is 1010. The Labute approximate surface area is 149 Å². The van der Waals surface area contributed by atoms with Crippen LogP contribution in [0, 0.1) is 0 Å². The monoisotopic (exact) mass is 351 g/mol. The highest BCUT2D eigenvalue weighted by atomic mass is 16.5. The van der Waals surface area contributed by atoms with Gasteiger partial charge in [0, 0.05) is 25.0 Å². The lowest BCUT2D eigenvalue weighted by Gasteiger charge is -2.18. The number of ether oxygens (including phenoxy) is 1. The Balaban J connectivity index is 1.69. The van der Waals surface area contributed by atoms with Gasteiger partial charge in [0.2, 0.25) is 5.91 Å². The van der Waals surface area contributed by atoms with Gasteiger partial charge in [-0.15, -0.1) is 0 Å². The Hall–Kier alpha value is -3.61. The number of benzene rings is 2. The Kier molecular flexibility index (Phi) is 4.98. The van der Waals surface area contributed by atoms with Gasteiger partial charge in [-0.25, -0.2) is 4.79 Å². The molecule has 1 heterocycles. The van der Waals surface area contributed by atoms with Crippen LogP contribution in [0.4, 0.5) is 5.69 Å². The van der Waals surface area contributed by atoms with Gasteiger partial charge in [0.15, 0.2) is 0 Å². The summed E-state index contributed by atoms with van der Waals surface area (Å²) in [5.41, 5.74) is -0.459. The molecule has 0 atom stereocenters. The summed E-state index contributed by atoms with van der Waals surface area (Å²) in [4.78, 5) is 38.7. The van der Waals surface area contributed by atoms with Gasteiger partial charge in [-0.2, -0.15) is 0 Å². The smallest absolute Gasteiger partial charge is 0.328 e. The van der Waals surface area contributed by atoms with Crippen molar-refractivity contribution in [2.24, 2.45) is 0 Å². The van der Waals surface area contributed by atoms with E-state index in [-0.39, 0.29) is 12.5 Å². The van der Waals surface area contributed by atoms with E-state index in [0.29, 0.717) is 11.4 Å². The second-order valence-corrected chi connectivity index (χ2v) is 5.60. The Morgan fingerprint density at radius 1 is 1.00 bits per heavy atom. The van der Waals surface area contributed by atoms with Gasteiger partial charge >= 0.3 is 5.69 Å². The lowest BCUT2D eigenvalue weighted by Crippen LogP contribution is -2.36. The third-order valence-corrected chi connectivity index (χ3v) is 3.78. The predicted octanol–water partition coefficient (Wildman–Crippen LogP) is 1.99. The van der Waals surface area contributed by atoms with Crippen LogP contribution >= 0.6 is 0 Å². The molecule has 0 saturated carbocycles. The van der Waals surface area contributed by atoms with E-state index in [9.17, 15) is 14.4 Å². The molecule has 0 aliphatic carbocycles. The molecular formula is C19H17N3O4. The fourth-order valence-electron chi connectivity index (χ4n) is 2.33. The van der Waals surface area contributed by atoms with E-state index in [1.54, 1.807) is 31.3 Å². The van der Waals surface area contributed by atoms with Gasteiger partial charge < -0.3 is 9.64 Å². The first-order valence-corrected chi connectivity index (χ1v) is 7.92. The maximum atomic E-state index is 12.4. The van der Waals surface area contributed by atoms with Crippen molar-refractivity contribution < 1.29 is 9.53 Å². The number of anilines is 1. The van der Waals surface area contributed by atoms with E-state index in [4.69, 9.17) is 4.74 Å². The molecule has 7 nitrogen and oxygen atoms in total. The zero-order valence-electron chi connectivity index (χ0n) is 14.1. The number of carbonyl (C=O) groups is 1. The number of likely N-dealkylation sites (N-methyl/N-ethyl adjacent to an activating group) is 1. The van der Waals surface area contributed by atoms with Crippen LogP contribution in [0.5, 0.6) is 11.5 Å². The number of carbonyl (C=O) groups excluding carboxylic acids is 1. The molecule has 7 heteroatoms. The lowest BCUT2D eigenvalue weighted by molar-refractivity contribution is -0.118. The average Bonchev–Trinajstić information content (AvgIpc) is 2.65. The molecule has 1 aromatic heterocycles. The van der Waals surface area contributed by atoms with Crippen LogP contribution in [0.25, 0.3) is 0 Å². The Morgan fingerprint density at radius 2 is 1.65 bits per heavy atom. The fourth-order valence-corrected chi connectivity index (χ4v) is 2.33. The zero-order valence-corrected chi connectivity index (χ0v) is 14.1. The van der Waals surface area contributed by atoms with Crippen LogP contribution in [-0.4, -0.2) is 22.5 Å². The molecule has 3 rings (SSSR count). The van der Waals surface area contributed by atoms with Crippen molar-refractivity contribution in [2.75, 3.05) is 11.9 Å². The van der Waals surface area contributed by atoms with Crippen LogP contribution in [0.15, 0.2) is 76.4 Å². The molecule has 0 aliphatic heterocycles. The van der Waals surface area contributed by atoms with Crippen molar-refractivity contribution in [2.45, 2.75) is 6.54 Å². The number of hydrogen-bond donors (Lipinski definition) is 1. The highest BCUT2D eigenvalue weighted by Gasteiger charge is 2.12. The summed E-state index contributed by atoms with van der Waals surface area (Å²) in [5.74, 6) is 1.08. The molecule has 0 unspecified atom stereocenters. The van der Waals surface area contributed by atoms with Crippen LogP contribution < -0.4 is 20.9 Å². The summed E-state index contributed by atoms with van der Waals surface area (Å²) in [5, 5.41) is 0. The molecule has 0 bridgehead atoms. The van der Waals surface area contributed by atoms with Gasteiger partial charge in [0.1, 0.15) is 18.0 Å². The van der Waals surface area contributed by atoms with E-state index in [0.717, 1.165) is 10.3 Å². The standard InChI is InChI=1S/C19H17N3O4/c1-21(18(24)13-22-12-11-17(23)20-19(22)25)14-7-9-16(10-8-14)26-15-5-3-2-4-6-15/h2-12H,13H2,1H3,(H,20,23,25). The molecule has 0 aliphatic rings. The summed E-state index contributed by atoms with van der Waals surface area (Å²) >= 11 is 0. The Morgan fingerprint density at radius 3 is 2.31 bits per heavy atom. The summed E-state index contributed by atoms with van der Waals surface area (Å²) in [7, 11) is 1.62. The maximum absolute atomic E-state index is 12.4. The third kappa shape index (κ3) is 4.07. The average molecular weight is 351 g/mol. The van der Waals surface area contributed by atoms with E-state index < -0.39 is 11.2 Å². The van der Waals surface area contributed by atoms with Crippen molar-refractivity contribution in [1.29, 1.82) is 0 Å². The number of para-hydroxylation sites is 1. The van der Waals surface area contributed by atoms with E-state index in [2.05, 4.69) is 4.98 Å². The second-order valence-electron chi connectivity index (χ2n) is 5.60. The predicted molar refractivity (Wildman–Crippen MR) is 97.7 cm³/mol. The number of hydrogen-bond acceptors (Lipinski definition) is 4. The first-order chi connectivity index (χ1) is 12.5. The van der Waals surface area contributed by atoms with Crippen molar-refractivity contribution in [3.63, 3.8) is 0 Å². The minimum absolute atomic E-state index is 0.172. The van der Waals surface area contributed by atoms with Crippen LogP contribution in [-0.2, 0) is 11.3 Å². The van der Waals surface area contributed by atoms with E-state index in [1.807, 2.05) is 30.3 Å². The van der Waals surface area contributed by atoms with Crippen LogP contribution in [0.2, 0.25) is 0 Å². The molecule has 0 saturated heterocycles. The number of aromatic amines is 1. The molecule has 132 valence electrons. The van der Waals surface area contributed by atoms with Crippen molar-refractivity contribution in [3.05, 3.63) is 87.7 Å². The van der Waals surface area contributed by atoms with Crippen LogP contribution in [0.1, 0.15) is 0 Å². The first-order valence-electron chi connectivity index (χ1n) is 7.92. The number of nitrogens with one attached hydrogen (secondary N) is 1. The number of aromatic nitrogens is 2. The van der Waals surface area contributed by atoms with Crippen molar-refractivity contribution in [3.8, 4) is 11.5 Å². The summed E-state index contributed by atoms with van der Waals surface area (Å²) in [6, 6.07) is 17.6. The largest absolute Gasteiger partial charge is 0.457 e. The molecule has 3 aromatic rings. The second kappa shape index (κ2) is 7.52. The highest BCUT2D eigenvalue weighted by Crippen LogP contribution is 2.23. The van der Waals surface area contributed by atoms with E-state index >= 15 is 0 Å². The number of rotatable bonds is 5. The zero-order chi connectivity index (χ0) is 18.5. The SMILES string of the molecule is CN(C(=O)Cn1ccc(=O)[nH]c1=O)c1ccc(Oc2ccccc2)cc1. The minimum Gasteiger partial charge on any atom is -0.457 e. The fraction of sp³-hybridized carbons (Fsp3) is 0.105. The summed E-state index contributed by atoms with van der Waals surface area (Å²) in [6.07, 6.45) is 1.30. The van der Waals surface area contributed by atoms with Crippen LogP contribution in [0.3, 0.4) is 0 Å². The van der Waals surface area contributed by atoms with Gasteiger partial charge in [0.25, 0.3) is 5.56 Å². The quantitative estimate of drug-likeness (QED) is 0.762. The molecule has 0 fully saturated rings. The summed E-state index contributed by atoms with van der Waals surface area (Å²) in [6.45, 7) is -0.172.